The quantitative estimate of drug-likeness (QED) is 0.784. The molecular weight excluding hydrogens is 356 g/mol. The zero-order valence-corrected chi connectivity index (χ0v) is 16.7. The molecule has 140 valence electrons. The van der Waals surface area contributed by atoms with E-state index in [1.165, 1.54) is 24.2 Å². The van der Waals surface area contributed by atoms with Crippen molar-refractivity contribution in [1.29, 1.82) is 0 Å². The van der Waals surface area contributed by atoms with Gasteiger partial charge in [-0.05, 0) is 56.6 Å². The second-order valence-electron chi connectivity index (χ2n) is 7.43. The van der Waals surface area contributed by atoms with Crippen LogP contribution in [0.1, 0.15) is 50.3 Å². The lowest BCUT2D eigenvalue weighted by molar-refractivity contribution is -0.131. The molecule has 1 aliphatic heterocycles. The molecule has 1 amide bonds. The number of rotatable bonds is 5. The summed E-state index contributed by atoms with van der Waals surface area (Å²) < 4.78 is 27.1. The third kappa shape index (κ3) is 4.26. The van der Waals surface area contributed by atoms with Gasteiger partial charge in [0.05, 0.1) is 6.42 Å². The van der Waals surface area contributed by atoms with Crippen molar-refractivity contribution in [3.63, 3.8) is 0 Å². The van der Waals surface area contributed by atoms with Crippen LogP contribution in [0.4, 0.5) is 0 Å². The lowest BCUT2D eigenvalue weighted by Crippen LogP contribution is -2.39. The first-order valence-corrected chi connectivity index (χ1v) is 11.5. The monoisotopic (exact) mass is 384 g/mol. The number of carbonyl (C=O) groups excluding carboxylic acids is 1. The lowest BCUT2D eigenvalue weighted by Gasteiger charge is -2.33. The molecule has 0 unspecified atom stereocenters. The molecule has 3 rings (SSSR count). The van der Waals surface area contributed by atoms with Gasteiger partial charge in [0.25, 0.3) is 10.0 Å². The Morgan fingerprint density at radius 2 is 1.84 bits per heavy atom. The first-order chi connectivity index (χ1) is 11.9. The van der Waals surface area contributed by atoms with E-state index < -0.39 is 10.0 Å². The Kier molecular flexibility index (Phi) is 5.85. The highest BCUT2D eigenvalue weighted by atomic mass is 32.2. The van der Waals surface area contributed by atoms with Crippen LogP contribution in [0.25, 0.3) is 0 Å². The Labute approximate surface area is 155 Å². The topological polar surface area (TPSA) is 57.7 Å². The standard InChI is InChI=1S/C18H28N2O3S2/c1-14-5-7-15(8-6-14)19(2)17(21)13-16-9-10-18(24-16)25(22,23)20-11-3-4-12-20/h9-10,14-15H,3-8,11-13H2,1-2H3. The maximum Gasteiger partial charge on any atom is 0.252 e. The second-order valence-corrected chi connectivity index (χ2v) is 10.8. The number of hydrogen-bond donors (Lipinski definition) is 0. The second kappa shape index (κ2) is 7.76. The molecule has 2 aliphatic rings. The van der Waals surface area contributed by atoms with Crippen LogP contribution in [0.5, 0.6) is 0 Å². The van der Waals surface area contributed by atoms with Crippen molar-refractivity contribution in [3.8, 4) is 0 Å². The van der Waals surface area contributed by atoms with Gasteiger partial charge in [-0.2, -0.15) is 4.31 Å². The molecule has 25 heavy (non-hydrogen) atoms. The molecule has 0 atom stereocenters. The summed E-state index contributed by atoms with van der Waals surface area (Å²) in [6, 6.07) is 3.78. The molecule has 1 aromatic rings. The van der Waals surface area contributed by atoms with Gasteiger partial charge in [0.1, 0.15) is 4.21 Å². The fourth-order valence-electron chi connectivity index (χ4n) is 3.75. The lowest BCUT2D eigenvalue weighted by atomic mass is 9.86. The van der Waals surface area contributed by atoms with Crippen LogP contribution >= 0.6 is 11.3 Å². The normalized spacial score (nSPS) is 25.2. The molecule has 2 fully saturated rings. The van der Waals surface area contributed by atoms with Gasteiger partial charge in [-0.3, -0.25) is 4.79 Å². The number of thiophene rings is 1. The number of hydrogen-bond acceptors (Lipinski definition) is 4. The van der Waals surface area contributed by atoms with Gasteiger partial charge in [-0.15, -0.1) is 11.3 Å². The van der Waals surface area contributed by atoms with E-state index in [4.69, 9.17) is 0 Å². The minimum absolute atomic E-state index is 0.0894. The molecule has 0 radical (unpaired) electrons. The third-order valence-electron chi connectivity index (χ3n) is 5.55. The zero-order valence-electron chi connectivity index (χ0n) is 15.1. The number of amides is 1. The molecule has 1 aliphatic carbocycles. The summed E-state index contributed by atoms with van der Waals surface area (Å²) >= 11 is 1.24. The fraction of sp³-hybridized carbons (Fsp3) is 0.722. The van der Waals surface area contributed by atoms with E-state index in [1.807, 2.05) is 11.9 Å². The summed E-state index contributed by atoms with van der Waals surface area (Å²) in [7, 11) is -1.49. The van der Waals surface area contributed by atoms with E-state index in [9.17, 15) is 13.2 Å². The number of carbonyl (C=O) groups is 1. The summed E-state index contributed by atoms with van der Waals surface area (Å²) in [6.45, 7) is 3.49. The summed E-state index contributed by atoms with van der Waals surface area (Å²) in [6.07, 6.45) is 6.66. The van der Waals surface area contributed by atoms with Crippen molar-refractivity contribution >= 4 is 27.3 Å². The van der Waals surface area contributed by atoms with Crippen molar-refractivity contribution in [2.75, 3.05) is 20.1 Å². The minimum Gasteiger partial charge on any atom is -0.342 e. The van der Waals surface area contributed by atoms with Crippen LogP contribution in [0.15, 0.2) is 16.3 Å². The van der Waals surface area contributed by atoms with E-state index in [1.54, 1.807) is 16.4 Å². The van der Waals surface area contributed by atoms with Crippen molar-refractivity contribution in [2.45, 2.75) is 62.1 Å². The molecule has 1 aromatic heterocycles. The predicted molar refractivity (Wildman–Crippen MR) is 100 cm³/mol. The molecule has 0 aromatic carbocycles. The highest BCUT2D eigenvalue weighted by Crippen LogP contribution is 2.29. The van der Waals surface area contributed by atoms with Gasteiger partial charge >= 0.3 is 0 Å². The van der Waals surface area contributed by atoms with Gasteiger partial charge in [0.2, 0.25) is 5.91 Å². The Hall–Kier alpha value is -0.920. The first-order valence-electron chi connectivity index (χ1n) is 9.22. The maximum atomic E-state index is 12.6. The van der Waals surface area contributed by atoms with E-state index in [0.717, 1.165) is 36.5 Å². The molecule has 1 saturated carbocycles. The van der Waals surface area contributed by atoms with Crippen LogP contribution in [-0.2, 0) is 21.2 Å². The summed E-state index contributed by atoms with van der Waals surface area (Å²) in [5.74, 6) is 0.849. The third-order valence-corrected chi connectivity index (χ3v) is 9.00. The molecule has 0 N–H and O–H groups in total. The Morgan fingerprint density at radius 1 is 1.20 bits per heavy atom. The van der Waals surface area contributed by atoms with Crippen molar-refractivity contribution in [1.82, 2.24) is 9.21 Å². The number of nitrogens with zero attached hydrogens (tertiary/aromatic N) is 2. The summed E-state index contributed by atoms with van der Waals surface area (Å²) in [4.78, 5) is 15.3. The molecular formula is C18H28N2O3S2. The summed E-state index contributed by atoms with van der Waals surface area (Å²) in [5, 5.41) is 0. The molecule has 0 bridgehead atoms. The van der Waals surface area contributed by atoms with Gasteiger partial charge in [0.15, 0.2) is 0 Å². The SMILES string of the molecule is CC1CCC(N(C)C(=O)Cc2ccc(S(=O)(=O)N3CCCC3)s2)CC1. The minimum atomic E-state index is -3.37. The van der Waals surface area contributed by atoms with Gasteiger partial charge in [-0.1, -0.05) is 6.92 Å². The van der Waals surface area contributed by atoms with Crippen LogP contribution in [0.2, 0.25) is 0 Å². The molecule has 1 saturated heterocycles. The van der Waals surface area contributed by atoms with E-state index in [-0.39, 0.29) is 5.91 Å². The number of sulfonamides is 1. The average Bonchev–Trinajstić information content (AvgIpc) is 3.27. The first kappa shape index (κ1) is 18.9. The number of likely N-dealkylation sites (N-methyl/N-ethyl adjacent to an activating group) is 1. The molecule has 7 heteroatoms. The van der Waals surface area contributed by atoms with E-state index >= 15 is 0 Å². The van der Waals surface area contributed by atoms with Crippen LogP contribution in [0.3, 0.4) is 0 Å². The molecule has 0 spiro atoms. The Balaban J connectivity index is 1.62. The van der Waals surface area contributed by atoms with E-state index in [2.05, 4.69) is 6.92 Å². The van der Waals surface area contributed by atoms with Gasteiger partial charge in [0, 0.05) is 31.1 Å². The van der Waals surface area contributed by atoms with Crippen molar-refractivity contribution in [3.05, 3.63) is 17.0 Å². The van der Waals surface area contributed by atoms with Crippen molar-refractivity contribution < 1.29 is 13.2 Å². The van der Waals surface area contributed by atoms with Crippen molar-refractivity contribution in [2.24, 2.45) is 5.92 Å². The smallest absolute Gasteiger partial charge is 0.252 e. The van der Waals surface area contributed by atoms with Crippen LogP contribution < -0.4 is 0 Å². The zero-order chi connectivity index (χ0) is 18.0. The fourth-order valence-corrected chi connectivity index (χ4v) is 6.77. The largest absolute Gasteiger partial charge is 0.342 e. The van der Waals surface area contributed by atoms with Gasteiger partial charge in [-0.25, -0.2) is 8.42 Å². The highest BCUT2D eigenvalue weighted by Gasteiger charge is 2.29. The summed E-state index contributed by atoms with van der Waals surface area (Å²) in [5.41, 5.74) is 0. The highest BCUT2D eigenvalue weighted by molar-refractivity contribution is 7.91. The maximum absolute atomic E-state index is 12.6. The molecule has 2 heterocycles. The van der Waals surface area contributed by atoms with Gasteiger partial charge < -0.3 is 4.90 Å². The molecule has 5 nitrogen and oxygen atoms in total. The Bertz CT molecular complexity index is 700. The predicted octanol–water partition coefficient (Wildman–Crippen LogP) is 3.11. The van der Waals surface area contributed by atoms with Crippen LogP contribution in [-0.4, -0.2) is 49.7 Å². The Morgan fingerprint density at radius 3 is 2.48 bits per heavy atom. The van der Waals surface area contributed by atoms with E-state index in [0.29, 0.717) is 29.8 Å². The average molecular weight is 385 g/mol. The van der Waals surface area contributed by atoms with Crippen LogP contribution in [0, 0.1) is 5.92 Å².